The van der Waals surface area contributed by atoms with Crippen LogP contribution in [-0.2, 0) is 0 Å². The standard InChI is InChI=1S/C15H25N3/c1-3-4-8-18-9-6-5-7-14(18)13-10-12(2)15(16)17-11-13/h10-11,14H,3-9H2,1-2H3,(H2,16,17)/t14-/m1/s1. The molecule has 3 heteroatoms. The van der Waals surface area contributed by atoms with E-state index in [0.29, 0.717) is 11.9 Å². The zero-order valence-electron chi connectivity index (χ0n) is 11.7. The van der Waals surface area contributed by atoms with E-state index in [1.165, 1.54) is 50.8 Å². The maximum atomic E-state index is 5.81. The maximum absolute atomic E-state index is 5.81. The Morgan fingerprint density at radius 1 is 1.44 bits per heavy atom. The molecule has 0 radical (unpaired) electrons. The van der Waals surface area contributed by atoms with E-state index in [-0.39, 0.29) is 0 Å². The first-order valence-electron chi connectivity index (χ1n) is 7.18. The number of hydrogen-bond acceptors (Lipinski definition) is 3. The number of aromatic nitrogens is 1. The first kappa shape index (κ1) is 13.3. The molecule has 1 aromatic heterocycles. The van der Waals surface area contributed by atoms with Gasteiger partial charge in [-0.1, -0.05) is 19.8 Å². The van der Waals surface area contributed by atoms with Crippen molar-refractivity contribution in [1.82, 2.24) is 9.88 Å². The van der Waals surface area contributed by atoms with Crippen molar-refractivity contribution in [3.05, 3.63) is 23.4 Å². The summed E-state index contributed by atoms with van der Waals surface area (Å²) in [5, 5.41) is 0. The second kappa shape index (κ2) is 6.19. The Hall–Kier alpha value is -1.09. The third-order valence-corrected chi connectivity index (χ3v) is 3.94. The van der Waals surface area contributed by atoms with E-state index in [4.69, 9.17) is 5.73 Å². The Balaban J connectivity index is 2.14. The topological polar surface area (TPSA) is 42.2 Å². The average Bonchev–Trinajstić information content (AvgIpc) is 2.40. The molecule has 0 spiro atoms. The molecule has 1 aliphatic heterocycles. The monoisotopic (exact) mass is 247 g/mol. The van der Waals surface area contributed by atoms with E-state index >= 15 is 0 Å². The van der Waals surface area contributed by atoms with Gasteiger partial charge in [-0.25, -0.2) is 4.98 Å². The van der Waals surface area contributed by atoms with Gasteiger partial charge in [0, 0.05) is 12.2 Å². The van der Waals surface area contributed by atoms with Gasteiger partial charge >= 0.3 is 0 Å². The van der Waals surface area contributed by atoms with Crippen LogP contribution in [-0.4, -0.2) is 23.0 Å². The summed E-state index contributed by atoms with van der Waals surface area (Å²) in [4.78, 5) is 6.94. The molecule has 3 nitrogen and oxygen atoms in total. The normalized spacial score (nSPS) is 21.1. The highest BCUT2D eigenvalue weighted by atomic mass is 15.2. The summed E-state index contributed by atoms with van der Waals surface area (Å²) >= 11 is 0. The fourth-order valence-corrected chi connectivity index (χ4v) is 2.79. The van der Waals surface area contributed by atoms with Crippen LogP contribution in [0, 0.1) is 6.92 Å². The average molecular weight is 247 g/mol. The number of pyridine rings is 1. The number of piperidine rings is 1. The first-order chi connectivity index (χ1) is 8.72. The predicted molar refractivity (Wildman–Crippen MR) is 76.5 cm³/mol. The Morgan fingerprint density at radius 3 is 3.00 bits per heavy atom. The van der Waals surface area contributed by atoms with Crippen LogP contribution in [0.25, 0.3) is 0 Å². The number of nitrogens with zero attached hydrogens (tertiary/aromatic N) is 2. The van der Waals surface area contributed by atoms with Crippen molar-refractivity contribution in [3.8, 4) is 0 Å². The minimum Gasteiger partial charge on any atom is -0.383 e. The van der Waals surface area contributed by atoms with Crippen LogP contribution in [0.15, 0.2) is 12.3 Å². The van der Waals surface area contributed by atoms with E-state index < -0.39 is 0 Å². The third kappa shape index (κ3) is 3.02. The van der Waals surface area contributed by atoms with Crippen molar-refractivity contribution < 1.29 is 0 Å². The molecule has 0 unspecified atom stereocenters. The number of hydrogen-bond donors (Lipinski definition) is 1. The summed E-state index contributed by atoms with van der Waals surface area (Å²) < 4.78 is 0. The highest BCUT2D eigenvalue weighted by Crippen LogP contribution is 2.31. The fraction of sp³-hybridized carbons (Fsp3) is 0.667. The van der Waals surface area contributed by atoms with E-state index in [1.54, 1.807) is 0 Å². The Labute approximate surface area is 110 Å². The molecule has 100 valence electrons. The van der Waals surface area contributed by atoms with E-state index in [2.05, 4.69) is 22.9 Å². The van der Waals surface area contributed by atoms with Crippen LogP contribution in [0.1, 0.15) is 56.2 Å². The van der Waals surface area contributed by atoms with Gasteiger partial charge in [-0.3, -0.25) is 4.90 Å². The van der Waals surface area contributed by atoms with Crippen molar-refractivity contribution >= 4 is 5.82 Å². The molecule has 1 atom stereocenters. The SMILES string of the molecule is CCCCN1CCCC[C@@H]1c1cnc(N)c(C)c1. The van der Waals surface area contributed by atoms with Crippen LogP contribution in [0.5, 0.6) is 0 Å². The van der Waals surface area contributed by atoms with Gasteiger partial charge in [0.1, 0.15) is 5.82 Å². The zero-order chi connectivity index (χ0) is 13.0. The number of aryl methyl sites for hydroxylation is 1. The zero-order valence-corrected chi connectivity index (χ0v) is 11.7. The summed E-state index contributed by atoms with van der Waals surface area (Å²) in [5.74, 6) is 0.662. The highest BCUT2D eigenvalue weighted by Gasteiger charge is 2.23. The van der Waals surface area contributed by atoms with E-state index in [0.717, 1.165) is 5.56 Å². The summed E-state index contributed by atoms with van der Waals surface area (Å²) in [6, 6.07) is 2.77. The summed E-state index contributed by atoms with van der Waals surface area (Å²) in [6.07, 6.45) is 8.45. The number of unbranched alkanes of at least 4 members (excludes halogenated alkanes) is 1. The van der Waals surface area contributed by atoms with Crippen molar-refractivity contribution in [2.24, 2.45) is 0 Å². The van der Waals surface area contributed by atoms with Gasteiger partial charge in [0.2, 0.25) is 0 Å². The number of likely N-dealkylation sites (tertiary alicyclic amines) is 1. The molecule has 1 saturated heterocycles. The first-order valence-corrected chi connectivity index (χ1v) is 7.18. The number of nitrogens with two attached hydrogens (primary N) is 1. The molecule has 2 N–H and O–H groups in total. The molecule has 0 aliphatic carbocycles. The lowest BCUT2D eigenvalue weighted by molar-refractivity contribution is 0.146. The maximum Gasteiger partial charge on any atom is 0.126 e. The lowest BCUT2D eigenvalue weighted by Gasteiger charge is -2.36. The molecule has 0 aromatic carbocycles. The smallest absolute Gasteiger partial charge is 0.126 e. The van der Waals surface area contributed by atoms with Crippen molar-refractivity contribution in [2.45, 2.75) is 52.0 Å². The van der Waals surface area contributed by atoms with Gasteiger partial charge in [-0.2, -0.15) is 0 Å². The number of anilines is 1. The minimum atomic E-state index is 0.553. The van der Waals surface area contributed by atoms with Gasteiger partial charge in [-0.15, -0.1) is 0 Å². The van der Waals surface area contributed by atoms with E-state index in [1.807, 2.05) is 13.1 Å². The molecule has 0 saturated carbocycles. The second-order valence-electron chi connectivity index (χ2n) is 5.37. The van der Waals surface area contributed by atoms with Gasteiger partial charge in [0.25, 0.3) is 0 Å². The van der Waals surface area contributed by atoms with Crippen molar-refractivity contribution in [2.75, 3.05) is 18.8 Å². The Morgan fingerprint density at radius 2 is 2.28 bits per heavy atom. The van der Waals surface area contributed by atoms with Gasteiger partial charge in [-0.05, 0) is 56.5 Å². The minimum absolute atomic E-state index is 0.553. The summed E-state index contributed by atoms with van der Waals surface area (Å²) in [5.41, 5.74) is 8.26. The summed E-state index contributed by atoms with van der Waals surface area (Å²) in [6.45, 7) is 6.75. The fourth-order valence-electron chi connectivity index (χ4n) is 2.79. The van der Waals surface area contributed by atoms with Gasteiger partial charge in [0.15, 0.2) is 0 Å². The molecule has 1 aromatic rings. The van der Waals surface area contributed by atoms with Crippen LogP contribution < -0.4 is 5.73 Å². The van der Waals surface area contributed by atoms with Crippen LogP contribution >= 0.6 is 0 Å². The molecule has 18 heavy (non-hydrogen) atoms. The molecular formula is C15H25N3. The molecule has 2 heterocycles. The lowest BCUT2D eigenvalue weighted by Crippen LogP contribution is -2.34. The molecule has 0 bridgehead atoms. The summed E-state index contributed by atoms with van der Waals surface area (Å²) in [7, 11) is 0. The van der Waals surface area contributed by atoms with Gasteiger partial charge < -0.3 is 5.73 Å². The van der Waals surface area contributed by atoms with Crippen molar-refractivity contribution in [1.29, 1.82) is 0 Å². The molecule has 1 aliphatic rings. The molecule has 0 amide bonds. The number of nitrogen functional groups attached to an aromatic ring is 1. The molecular weight excluding hydrogens is 222 g/mol. The quantitative estimate of drug-likeness (QED) is 0.887. The van der Waals surface area contributed by atoms with Crippen LogP contribution in [0.4, 0.5) is 5.82 Å². The number of rotatable bonds is 4. The lowest BCUT2D eigenvalue weighted by atomic mass is 9.95. The third-order valence-electron chi connectivity index (χ3n) is 3.94. The van der Waals surface area contributed by atoms with E-state index in [9.17, 15) is 0 Å². The second-order valence-corrected chi connectivity index (χ2v) is 5.37. The van der Waals surface area contributed by atoms with Gasteiger partial charge in [0.05, 0.1) is 0 Å². The molecule has 2 rings (SSSR count). The Kier molecular flexibility index (Phi) is 4.59. The van der Waals surface area contributed by atoms with Crippen molar-refractivity contribution in [3.63, 3.8) is 0 Å². The predicted octanol–water partition coefficient (Wildman–Crippen LogP) is 3.30. The largest absolute Gasteiger partial charge is 0.383 e. The van der Waals surface area contributed by atoms with Crippen LogP contribution in [0.3, 0.4) is 0 Å². The highest BCUT2D eigenvalue weighted by molar-refractivity contribution is 5.40. The molecule has 1 fully saturated rings. The Bertz CT molecular complexity index is 389. The van der Waals surface area contributed by atoms with Crippen LogP contribution in [0.2, 0.25) is 0 Å².